The second kappa shape index (κ2) is 5.39. The molecule has 2 atom stereocenters. The maximum Gasteiger partial charge on any atom is 0.0751 e. The van der Waals surface area contributed by atoms with E-state index in [0.29, 0.717) is 0 Å². The summed E-state index contributed by atoms with van der Waals surface area (Å²) in [7, 11) is 0. The largest absolute Gasteiger partial charge is 0.326 e. The van der Waals surface area contributed by atoms with E-state index in [-0.39, 0.29) is 12.1 Å². The van der Waals surface area contributed by atoms with Crippen LogP contribution in [0.2, 0.25) is 0 Å². The average Bonchev–Trinajstić information content (AvgIpc) is 2.31. The molecular weight excluding hydrogens is 202 g/mol. The van der Waals surface area contributed by atoms with Gasteiger partial charge in [-0.3, -0.25) is 9.82 Å². The molecule has 0 radical (unpaired) electrons. The first-order valence-electron chi connectivity index (χ1n) is 5.84. The number of nitrogens with zero attached hydrogens (tertiary/aromatic N) is 2. The van der Waals surface area contributed by atoms with Crippen molar-refractivity contribution in [2.24, 2.45) is 5.73 Å². The molecule has 2 unspecified atom stereocenters. The Morgan fingerprint density at radius 2 is 2.12 bits per heavy atom. The van der Waals surface area contributed by atoms with E-state index in [0.717, 1.165) is 19.6 Å². The Labute approximate surface area is 96.4 Å². The highest BCUT2D eigenvalue weighted by molar-refractivity contribution is 5.16. The van der Waals surface area contributed by atoms with Crippen LogP contribution in [0.25, 0.3) is 0 Å². The van der Waals surface area contributed by atoms with Crippen molar-refractivity contribution in [3.63, 3.8) is 0 Å². The lowest BCUT2D eigenvalue weighted by Crippen LogP contribution is -2.42. The summed E-state index contributed by atoms with van der Waals surface area (Å²) in [6.45, 7) is 3.77. The molecule has 1 aliphatic rings. The molecule has 88 valence electrons. The topological polar surface area (TPSA) is 51.4 Å². The van der Waals surface area contributed by atoms with E-state index in [1.54, 1.807) is 12.4 Å². The highest BCUT2D eigenvalue weighted by Gasteiger charge is 2.26. The van der Waals surface area contributed by atoms with Crippen LogP contribution in [0.1, 0.15) is 31.4 Å². The number of nitrogens with two attached hydrogens (primary N) is 1. The number of hydrogen-bond acceptors (Lipinski definition) is 4. The first-order chi connectivity index (χ1) is 7.79. The Bertz CT molecular complexity index is 309. The molecule has 1 fully saturated rings. The van der Waals surface area contributed by atoms with Gasteiger partial charge in [0.05, 0.1) is 12.6 Å². The van der Waals surface area contributed by atoms with Gasteiger partial charge in [0.2, 0.25) is 0 Å². The minimum atomic E-state index is 0.0421. The molecule has 4 nitrogen and oxygen atoms in total. The van der Waals surface area contributed by atoms with Gasteiger partial charge in [0.25, 0.3) is 0 Å². The Morgan fingerprint density at radius 1 is 1.38 bits per heavy atom. The first kappa shape index (κ1) is 11.5. The molecule has 1 saturated heterocycles. The summed E-state index contributed by atoms with van der Waals surface area (Å²) in [6, 6.07) is 4.18. The molecule has 0 amide bonds. The summed E-state index contributed by atoms with van der Waals surface area (Å²) in [5.74, 6) is 0. The maximum absolute atomic E-state index is 6.06. The third-order valence-corrected chi connectivity index (χ3v) is 2.89. The normalized spacial score (nSPS) is 21.6. The molecular formula is C12H19N3O. The Kier molecular flexibility index (Phi) is 3.88. The third-order valence-electron chi connectivity index (χ3n) is 2.89. The molecule has 0 saturated carbocycles. The zero-order valence-corrected chi connectivity index (χ0v) is 9.67. The van der Waals surface area contributed by atoms with Crippen molar-refractivity contribution in [1.29, 1.82) is 0 Å². The van der Waals surface area contributed by atoms with Crippen LogP contribution < -0.4 is 5.73 Å². The Hall–Kier alpha value is -0.970. The van der Waals surface area contributed by atoms with Crippen LogP contribution >= 0.6 is 0 Å². The number of aromatic nitrogens is 1. The number of hydroxylamine groups is 2. The van der Waals surface area contributed by atoms with Crippen LogP contribution in [-0.2, 0) is 4.84 Å². The molecule has 2 N–H and O–H groups in total. The van der Waals surface area contributed by atoms with Crippen LogP contribution in [0.5, 0.6) is 0 Å². The molecule has 0 bridgehead atoms. The standard InChI is InChI=1S/C12H19N3O/c1-10(13)12(11-4-6-14-7-5-11)15-8-2-3-9-16-15/h4-7,10,12H,2-3,8-9,13H2,1H3. The fourth-order valence-corrected chi connectivity index (χ4v) is 2.13. The summed E-state index contributed by atoms with van der Waals surface area (Å²) in [4.78, 5) is 9.72. The lowest BCUT2D eigenvalue weighted by Gasteiger charge is -2.35. The third kappa shape index (κ3) is 2.58. The molecule has 0 aliphatic carbocycles. The summed E-state index contributed by atoms with van der Waals surface area (Å²) in [5, 5.41) is 2.02. The maximum atomic E-state index is 6.06. The number of rotatable bonds is 3. The van der Waals surface area contributed by atoms with E-state index in [1.807, 2.05) is 24.1 Å². The zero-order valence-electron chi connectivity index (χ0n) is 9.67. The van der Waals surface area contributed by atoms with Crippen molar-refractivity contribution in [3.8, 4) is 0 Å². The molecule has 1 aromatic heterocycles. The molecule has 1 aromatic rings. The van der Waals surface area contributed by atoms with Gasteiger partial charge in [0.15, 0.2) is 0 Å². The fraction of sp³-hybridized carbons (Fsp3) is 0.583. The average molecular weight is 221 g/mol. The van der Waals surface area contributed by atoms with Crippen LogP contribution in [-0.4, -0.2) is 29.2 Å². The summed E-state index contributed by atoms with van der Waals surface area (Å²) >= 11 is 0. The Morgan fingerprint density at radius 3 is 2.69 bits per heavy atom. The van der Waals surface area contributed by atoms with Crippen molar-refractivity contribution in [2.75, 3.05) is 13.2 Å². The molecule has 2 heterocycles. The monoisotopic (exact) mass is 221 g/mol. The highest BCUT2D eigenvalue weighted by atomic mass is 16.7. The fourth-order valence-electron chi connectivity index (χ4n) is 2.13. The predicted molar refractivity (Wildman–Crippen MR) is 62.5 cm³/mol. The minimum absolute atomic E-state index is 0.0421. The van der Waals surface area contributed by atoms with Crippen LogP contribution in [0.3, 0.4) is 0 Å². The van der Waals surface area contributed by atoms with Gasteiger partial charge >= 0.3 is 0 Å². The van der Waals surface area contributed by atoms with Gasteiger partial charge in [-0.25, -0.2) is 0 Å². The van der Waals surface area contributed by atoms with Crippen LogP contribution in [0.4, 0.5) is 0 Å². The first-order valence-corrected chi connectivity index (χ1v) is 5.84. The molecule has 4 heteroatoms. The molecule has 2 rings (SSSR count). The lowest BCUT2D eigenvalue weighted by atomic mass is 10.0. The minimum Gasteiger partial charge on any atom is -0.326 e. The number of hydrogen-bond donors (Lipinski definition) is 1. The molecule has 0 aromatic carbocycles. The van der Waals surface area contributed by atoms with Gasteiger partial charge < -0.3 is 5.73 Å². The summed E-state index contributed by atoms with van der Waals surface area (Å²) in [6.07, 6.45) is 5.91. The Balaban J connectivity index is 2.16. The molecule has 16 heavy (non-hydrogen) atoms. The summed E-state index contributed by atoms with van der Waals surface area (Å²) < 4.78 is 0. The van der Waals surface area contributed by atoms with Crippen molar-refractivity contribution in [1.82, 2.24) is 10.0 Å². The quantitative estimate of drug-likeness (QED) is 0.840. The van der Waals surface area contributed by atoms with E-state index in [4.69, 9.17) is 10.6 Å². The van der Waals surface area contributed by atoms with E-state index in [2.05, 4.69) is 4.98 Å². The van der Waals surface area contributed by atoms with E-state index >= 15 is 0 Å². The van der Waals surface area contributed by atoms with Gasteiger partial charge in [-0.1, -0.05) is 0 Å². The predicted octanol–water partition coefficient (Wildman–Crippen LogP) is 1.50. The molecule has 0 spiro atoms. The zero-order chi connectivity index (χ0) is 11.4. The van der Waals surface area contributed by atoms with Gasteiger partial charge in [-0.2, -0.15) is 5.06 Å². The van der Waals surface area contributed by atoms with Gasteiger partial charge in [0.1, 0.15) is 0 Å². The van der Waals surface area contributed by atoms with Crippen LogP contribution in [0, 0.1) is 0 Å². The van der Waals surface area contributed by atoms with E-state index < -0.39 is 0 Å². The van der Waals surface area contributed by atoms with E-state index in [1.165, 1.54) is 12.0 Å². The van der Waals surface area contributed by atoms with E-state index in [9.17, 15) is 0 Å². The molecule has 1 aliphatic heterocycles. The second-order valence-corrected chi connectivity index (χ2v) is 4.27. The van der Waals surface area contributed by atoms with Gasteiger partial charge in [-0.05, 0) is 37.5 Å². The number of pyridine rings is 1. The lowest BCUT2D eigenvalue weighted by molar-refractivity contribution is -0.211. The smallest absolute Gasteiger partial charge is 0.0751 e. The van der Waals surface area contributed by atoms with Crippen molar-refractivity contribution in [2.45, 2.75) is 31.8 Å². The van der Waals surface area contributed by atoms with Gasteiger partial charge in [-0.15, -0.1) is 0 Å². The second-order valence-electron chi connectivity index (χ2n) is 4.27. The highest BCUT2D eigenvalue weighted by Crippen LogP contribution is 2.25. The summed E-state index contributed by atoms with van der Waals surface area (Å²) in [5.41, 5.74) is 7.23. The van der Waals surface area contributed by atoms with Crippen molar-refractivity contribution < 1.29 is 4.84 Å². The van der Waals surface area contributed by atoms with Crippen molar-refractivity contribution in [3.05, 3.63) is 30.1 Å². The van der Waals surface area contributed by atoms with Gasteiger partial charge in [0, 0.05) is 25.0 Å². The van der Waals surface area contributed by atoms with Crippen LogP contribution in [0.15, 0.2) is 24.5 Å². The van der Waals surface area contributed by atoms with Crippen molar-refractivity contribution >= 4 is 0 Å². The SMILES string of the molecule is CC(N)C(c1ccncc1)N1CCCCO1.